The number of carboxylic acid groups (broad SMARTS) is 1. The molecule has 7 heteroatoms. The molecule has 3 rings (SSSR count). The average Bonchev–Trinajstić information content (AvgIpc) is 3.11. The Morgan fingerprint density at radius 3 is 2.62 bits per heavy atom. The third-order valence-electron chi connectivity index (χ3n) is 5.20. The van der Waals surface area contributed by atoms with E-state index in [4.69, 9.17) is 0 Å². The minimum Gasteiger partial charge on any atom is -0.481 e. The maximum absolute atomic E-state index is 12.9. The van der Waals surface area contributed by atoms with E-state index in [1.165, 1.54) is 0 Å². The van der Waals surface area contributed by atoms with E-state index in [0.717, 1.165) is 11.4 Å². The number of hydrogen-bond acceptors (Lipinski definition) is 4. The van der Waals surface area contributed by atoms with E-state index in [9.17, 15) is 14.7 Å². The van der Waals surface area contributed by atoms with Crippen molar-refractivity contribution in [2.24, 2.45) is 11.3 Å². The van der Waals surface area contributed by atoms with Crippen LogP contribution in [-0.2, 0) is 4.79 Å². The predicted molar refractivity (Wildman–Crippen MR) is 87.9 cm³/mol. The van der Waals surface area contributed by atoms with Crippen molar-refractivity contribution in [3.05, 3.63) is 29.2 Å². The first-order valence-corrected chi connectivity index (χ1v) is 8.11. The number of aryl methyl sites for hydroxylation is 2. The van der Waals surface area contributed by atoms with Crippen molar-refractivity contribution in [2.75, 3.05) is 13.1 Å². The first-order valence-electron chi connectivity index (χ1n) is 8.11. The van der Waals surface area contributed by atoms with Gasteiger partial charge >= 0.3 is 5.97 Å². The lowest BCUT2D eigenvalue weighted by atomic mass is 9.76. The molecule has 2 aromatic heterocycles. The highest BCUT2D eigenvalue weighted by atomic mass is 16.4. The van der Waals surface area contributed by atoms with E-state index in [0.29, 0.717) is 24.2 Å². The molecule has 0 aliphatic carbocycles. The summed E-state index contributed by atoms with van der Waals surface area (Å²) < 4.78 is 1.66. The Bertz CT molecular complexity index is 827. The zero-order chi connectivity index (χ0) is 17.6. The highest BCUT2D eigenvalue weighted by Crippen LogP contribution is 2.38. The number of carbonyl (C=O) groups excluding carboxylic acids is 1. The molecule has 0 bridgehead atoms. The van der Waals surface area contributed by atoms with Gasteiger partial charge in [-0.05, 0) is 26.2 Å². The van der Waals surface area contributed by atoms with Gasteiger partial charge < -0.3 is 10.0 Å². The number of hydrogen-bond donors (Lipinski definition) is 1. The molecule has 128 valence electrons. The molecule has 1 unspecified atom stereocenters. The normalized spacial score (nSPS) is 21.0. The standard InChI is InChI=1S/C17H22N4O3/c1-10(2)17(16(23)24)5-6-20(9-17)15(22)13-8-18-14-7-11(3)19-21(14)12(13)4/h7-8,10H,5-6,9H2,1-4H3,(H,23,24). The van der Waals surface area contributed by atoms with E-state index in [1.807, 2.05) is 33.8 Å². The van der Waals surface area contributed by atoms with Crippen LogP contribution in [0, 0.1) is 25.2 Å². The summed E-state index contributed by atoms with van der Waals surface area (Å²) in [7, 11) is 0. The second-order valence-corrected chi connectivity index (χ2v) is 6.91. The lowest BCUT2D eigenvalue weighted by molar-refractivity contribution is -0.150. The van der Waals surface area contributed by atoms with Crippen molar-refractivity contribution < 1.29 is 14.7 Å². The SMILES string of the molecule is Cc1cc2ncc(C(=O)N3CCC(C(=O)O)(C(C)C)C3)c(C)n2n1. The van der Waals surface area contributed by atoms with Crippen LogP contribution in [0.3, 0.4) is 0 Å². The number of likely N-dealkylation sites (tertiary alicyclic amines) is 1. The third kappa shape index (κ3) is 2.35. The maximum Gasteiger partial charge on any atom is 0.311 e. The van der Waals surface area contributed by atoms with Crippen LogP contribution in [0.4, 0.5) is 0 Å². The molecule has 0 saturated carbocycles. The summed E-state index contributed by atoms with van der Waals surface area (Å²) in [5.41, 5.74) is 1.85. The summed E-state index contributed by atoms with van der Waals surface area (Å²) in [6.45, 7) is 8.17. The van der Waals surface area contributed by atoms with Gasteiger partial charge in [-0.2, -0.15) is 5.10 Å². The number of aromatic nitrogens is 3. The van der Waals surface area contributed by atoms with E-state index in [2.05, 4.69) is 10.1 Å². The van der Waals surface area contributed by atoms with Crippen molar-refractivity contribution in [3.63, 3.8) is 0 Å². The summed E-state index contributed by atoms with van der Waals surface area (Å²) in [5.74, 6) is -1.05. The van der Waals surface area contributed by atoms with Gasteiger partial charge in [0, 0.05) is 25.4 Å². The zero-order valence-electron chi connectivity index (χ0n) is 14.4. The molecule has 1 aliphatic heterocycles. The Hall–Kier alpha value is -2.44. The molecule has 0 aromatic carbocycles. The van der Waals surface area contributed by atoms with Crippen molar-refractivity contribution >= 4 is 17.5 Å². The lowest BCUT2D eigenvalue weighted by Crippen LogP contribution is -2.40. The minimum atomic E-state index is -0.872. The smallest absolute Gasteiger partial charge is 0.311 e. The van der Waals surface area contributed by atoms with Gasteiger partial charge in [0.15, 0.2) is 5.65 Å². The molecule has 1 fully saturated rings. The van der Waals surface area contributed by atoms with Gasteiger partial charge in [-0.15, -0.1) is 0 Å². The van der Waals surface area contributed by atoms with Crippen molar-refractivity contribution in [3.8, 4) is 0 Å². The van der Waals surface area contributed by atoms with Crippen LogP contribution in [0.5, 0.6) is 0 Å². The second-order valence-electron chi connectivity index (χ2n) is 6.91. The summed E-state index contributed by atoms with van der Waals surface area (Å²) >= 11 is 0. The summed E-state index contributed by atoms with van der Waals surface area (Å²) in [6.07, 6.45) is 2.03. The second kappa shape index (κ2) is 5.58. The van der Waals surface area contributed by atoms with Crippen LogP contribution in [-0.4, -0.2) is 49.6 Å². The van der Waals surface area contributed by atoms with Gasteiger partial charge in [-0.25, -0.2) is 9.50 Å². The zero-order valence-corrected chi connectivity index (χ0v) is 14.4. The van der Waals surface area contributed by atoms with E-state index in [-0.39, 0.29) is 18.4 Å². The van der Waals surface area contributed by atoms with Crippen molar-refractivity contribution in [2.45, 2.75) is 34.1 Å². The fourth-order valence-corrected chi connectivity index (χ4v) is 3.44. The number of carboxylic acids is 1. The van der Waals surface area contributed by atoms with Crippen LogP contribution in [0.2, 0.25) is 0 Å². The summed E-state index contributed by atoms with van der Waals surface area (Å²) in [5, 5.41) is 14.0. The molecular formula is C17H22N4O3. The van der Waals surface area contributed by atoms with Crippen molar-refractivity contribution in [1.82, 2.24) is 19.5 Å². The van der Waals surface area contributed by atoms with Gasteiger partial charge in [0.1, 0.15) is 0 Å². The predicted octanol–water partition coefficient (Wildman–Crippen LogP) is 1.92. The van der Waals surface area contributed by atoms with Crippen LogP contribution >= 0.6 is 0 Å². The Kier molecular flexibility index (Phi) is 3.81. The molecule has 0 spiro atoms. The Labute approximate surface area is 140 Å². The number of fused-ring (bicyclic) bond motifs is 1. The summed E-state index contributed by atoms with van der Waals surface area (Å²) in [4.78, 5) is 30.6. The average molecular weight is 330 g/mol. The maximum atomic E-state index is 12.9. The van der Waals surface area contributed by atoms with Crippen LogP contribution in [0.25, 0.3) is 5.65 Å². The first-order chi connectivity index (χ1) is 11.3. The van der Waals surface area contributed by atoms with E-state index >= 15 is 0 Å². The van der Waals surface area contributed by atoms with Crippen LogP contribution in [0.1, 0.15) is 42.0 Å². The molecule has 0 radical (unpaired) electrons. The molecule has 7 nitrogen and oxygen atoms in total. The number of nitrogens with zero attached hydrogens (tertiary/aromatic N) is 4. The fraction of sp³-hybridized carbons (Fsp3) is 0.529. The van der Waals surface area contributed by atoms with Crippen molar-refractivity contribution in [1.29, 1.82) is 0 Å². The molecule has 1 saturated heterocycles. The van der Waals surface area contributed by atoms with Gasteiger partial charge in [0.2, 0.25) is 0 Å². The Morgan fingerprint density at radius 2 is 2.04 bits per heavy atom. The highest BCUT2D eigenvalue weighted by Gasteiger charge is 2.48. The van der Waals surface area contributed by atoms with E-state index < -0.39 is 11.4 Å². The molecule has 1 atom stereocenters. The van der Waals surface area contributed by atoms with Crippen LogP contribution < -0.4 is 0 Å². The number of amides is 1. The van der Waals surface area contributed by atoms with E-state index in [1.54, 1.807) is 15.6 Å². The topological polar surface area (TPSA) is 87.8 Å². The van der Waals surface area contributed by atoms with Gasteiger partial charge in [-0.1, -0.05) is 13.8 Å². The van der Waals surface area contributed by atoms with Gasteiger partial charge in [0.25, 0.3) is 5.91 Å². The number of aliphatic carboxylic acids is 1. The fourth-order valence-electron chi connectivity index (χ4n) is 3.44. The highest BCUT2D eigenvalue weighted by molar-refractivity contribution is 5.96. The van der Waals surface area contributed by atoms with Gasteiger partial charge in [0.05, 0.1) is 22.4 Å². The lowest BCUT2D eigenvalue weighted by Gasteiger charge is -2.28. The first kappa shape index (κ1) is 16.4. The molecule has 2 aromatic rings. The summed E-state index contributed by atoms with van der Waals surface area (Å²) in [6, 6.07) is 1.85. The molecule has 1 amide bonds. The minimum absolute atomic E-state index is 0.0386. The molecule has 1 N–H and O–H groups in total. The number of carbonyl (C=O) groups is 2. The van der Waals surface area contributed by atoms with Gasteiger partial charge in [-0.3, -0.25) is 9.59 Å². The molecule has 1 aliphatic rings. The molecule has 24 heavy (non-hydrogen) atoms. The Morgan fingerprint density at radius 1 is 1.33 bits per heavy atom. The molecule has 3 heterocycles. The third-order valence-corrected chi connectivity index (χ3v) is 5.20. The largest absolute Gasteiger partial charge is 0.481 e. The monoisotopic (exact) mass is 330 g/mol. The number of rotatable bonds is 3. The quantitative estimate of drug-likeness (QED) is 0.929. The Balaban J connectivity index is 1.93. The molecular weight excluding hydrogens is 308 g/mol. The van der Waals surface area contributed by atoms with Crippen LogP contribution in [0.15, 0.2) is 12.3 Å².